The van der Waals surface area contributed by atoms with Crippen LogP contribution in [0.1, 0.15) is 38.2 Å². The summed E-state index contributed by atoms with van der Waals surface area (Å²) in [5.74, 6) is -0.727. The Labute approximate surface area is 153 Å². The van der Waals surface area contributed by atoms with E-state index in [0.29, 0.717) is 31.7 Å². The first-order valence-electron chi connectivity index (χ1n) is 9.15. The van der Waals surface area contributed by atoms with E-state index in [1.807, 2.05) is 24.3 Å². The number of urea groups is 1. The van der Waals surface area contributed by atoms with Gasteiger partial charge < -0.3 is 15.4 Å². The van der Waals surface area contributed by atoms with E-state index in [0.717, 1.165) is 24.2 Å². The number of hydrogen-bond donors (Lipinski definition) is 2. The van der Waals surface area contributed by atoms with E-state index in [1.165, 1.54) is 5.56 Å². The number of benzene rings is 1. The second kappa shape index (κ2) is 7.86. The van der Waals surface area contributed by atoms with Crippen LogP contribution < -0.4 is 10.6 Å². The highest BCUT2D eigenvalue weighted by molar-refractivity contribution is 6.10. The highest BCUT2D eigenvalue weighted by atomic mass is 16.5. The van der Waals surface area contributed by atoms with Crippen LogP contribution in [0.25, 0.3) is 0 Å². The Morgan fingerprint density at radius 3 is 2.58 bits per heavy atom. The molecule has 1 spiro atoms. The van der Waals surface area contributed by atoms with Crippen molar-refractivity contribution in [2.45, 2.75) is 44.6 Å². The predicted octanol–water partition coefficient (Wildman–Crippen LogP) is 2.07. The third kappa shape index (κ3) is 3.88. The molecule has 0 radical (unpaired) electrons. The number of amides is 4. The molecule has 0 aliphatic carbocycles. The smallest absolute Gasteiger partial charge is 0.325 e. The molecule has 140 valence electrons. The molecule has 2 heterocycles. The zero-order chi connectivity index (χ0) is 18.6. The van der Waals surface area contributed by atoms with Crippen molar-refractivity contribution in [3.8, 4) is 0 Å². The van der Waals surface area contributed by atoms with Gasteiger partial charge >= 0.3 is 6.03 Å². The quantitative estimate of drug-likeness (QED) is 0.761. The van der Waals surface area contributed by atoms with Gasteiger partial charge in [0.2, 0.25) is 5.91 Å². The molecule has 0 unspecified atom stereocenters. The van der Waals surface area contributed by atoms with E-state index in [1.54, 1.807) is 0 Å². The van der Waals surface area contributed by atoms with Gasteiger partial charge in [0, 0.05) is 31.7 Å². The first-order valence-corrected chi connectivity index (χ1v) is 9.15. The number of aryl methyl sites for hydroxylation is 1. The SMILES string of the molecule is CCCCc1ccc(NC(=O)CN2C(=O)NC3(CCOCC3)C2=O)cc1. The first-order chi connectivity index (χ1) is 12.5. The van der Waals surface area contributed by atoms with Gasteiger partial charge in [0.15, 0.2) is 0 Å². The number of anilines is 1. The van der Waals surface area contributed by atoms with Crippen molar-refractivity contribution in [2.24, 2.45) is 0 Å². The number of nitrogens with one attached hydrogen (secondary N) is 2. The number of carbonyl (C=O) groups excluding carboxylic acids is 3. The maximum absolute atomic E-state index is 12.6. The molecule has 1 aromatic rings. The number of ether oxygens (including phenoxy) is 1. The molecule has 0 bridgehead atoms. The number of carbonyl (C=O) groups is 3. The van der Waals surface area contributed by atoms with E-state index in [9.17, 15) is 14.4 Å². The third-order valence-electron chi connectivity index (χ3n) is 4.95. The summed E-state index contributed by atoms with van der Waals surface area (Å²) in [6.07, 6.45) is 4.16. The number of unbranched alkanes of at least 4 members (excludes halogenated alkanes) is 1. The van der Waals surface area contributed by atoms with Crippen molar-refractivity contribution in [1.82, 2.24) is 10.2 Å². The molecule has 1 aromatic carbocycles. The second-order valence-electron chi connectivity index (χ2n) is 6.86. The third-order valence-corrected chi connectivity index (χ3v) is 4.95. The van der Waals surface area contributed by atoms with Crippen molar-refractivity contribution < 1.29 is 19.1 Å². The molecule has 2 aliphatic rings. The molecule has 3 rings (SSSR count). The normalized spacial score (nSPS) is 18.9. The van der Waals surface area contributed by atoms with Gasteiger partial charge in [-0.15, -0.1) is 0 Å². The molecular weight excluding hydrogens is 334 g/mol. The van der Waals surface area contributed by atoms with Crippen LogP contribution in [0.2, 0.25) is 0 Å². The standard InChI is InChI=1S/C19H25N3O4/c1-2-3-4-14-5-7-15(8-6-14)20-16(23)13-22-17(24)19(21-18(22)25)9-11-26-12-10-19/h5-8H,2-4,9-13H2,1H3,(H,20,23)(H,21,25). The van der Waals surface area contributed by atoms with Crippen LogP contribution in [0.15, 0.2) is 24.3 Å². The van der Waals surface area contributed by atoms with Crippen molar-refractivity contribution in [1.29, 1.82) is 0 Å². The molecular formula is C19H25N3O4. The van der Waals surface area contributed by atoms with Crippen LogP contribution in [0, 0.1) is 0 Å². The molecule has 2 aliphatic heterocycles. The molecule has 2 saturated heterocycles. The number of rotatable bonds is 6. The second-order valence-corrected chi connectivity index (χ2v) is 6.86. The molecule has 2 fully saturated rings. The van der Waals surface area contributed by atoms with Gasteiger partial charge in [0.1, 0.15) is 12.1 Å². The fraction of sp³-hybridized carbons (Fsp3) is 0.526. The molecule has 7 heteroatoms. The summed E-state index contributed by atoms with van der Waals surface area (Å²) >= 11 is 0. The molecule has 0 atom stereocenters. The minimum absolute atomic E-state index is 0.287. The average Bonchev–Trinajstić information content (AvgIpc) is 2.86. The van der Waals surface area contributed by atoms with E-state index in [-0.39, 0.29) is 18.4 Å². The van der Waals surface area contributed by atoms with Gasteiger partial charge in [-0.05, 0) is 30.5 Å². The maximum Gasteiger partial charge on any atom is 0.325 e. The number of hydrogen-bond acceptors (Lipinski definition) is 4. The van der Waals surface area contributed by atoms with Gasteiger partial charge in [0.25, 0.3) is 5.91 Å². The van der Waals surface area contributed by atoms with Gasteiger partial charge in [-0.1, -0.05) is 25.5 Å². The Hall–Kier alpha value is -2.41. The topological polar surface area (TPSA) is 87.7 Å². The van der Waals surface area contributed by atoms with Gasteiger partial charge in [0.05, 0.1) is 0 Å². The summed E-state index contributed by atoms with van der Waals surface area (Å²) in [6, 6.07) is 7.14. The first kappa shape index (κ1) is 18.4. The zero-order valence-corrected chi connectivity index (χ0v) is 15.0. The van der Waals surface area contributed by atoms with Crippen LogP contribution in [0.5, 0.6) is 0 Å². The predicted molar refractivity (Wildman–Crippen MR) is 96.7 cm³/mol. The van der Waals surface area contributed by atoms with E-state index in [2.05, 4.69) is 17.6 Å². The maximum atomic E-state index is 12.6. The minimum Gasteiger partial charge on any atom is -0.381 e. The molecule has 2 N–H and O–H groups in total. The fourth-order valence-corrected chi connectivity index (χ4v) is 3.36. The van der Waals surface area contributed by atoms with Crippen LogP contribution in [0.4, 0.5) is 10.5 Å². The minimum atomic E-state index is -0.906. The summed E-state index contributed by atoms with van der Waals surface area (Å²) < 4.78 is 5.27. The van der Waals surface area contributed by atoms with Crippen molar-refractivity contribution in [2.75, 3.05) is 25.1 Å². The van der Waals surface area contributed by atoms with Crippen LogP contribution in [0.3, 0.4) is 0 Å². The molecule has 0 saturated carbocycles. The highest BCUT2D eigenvalue weighted by Crippen LogP contribution is 2.28. The molecule has 0 aromatic heterocycles. The lowest BCUT2D eigenvalue weighted by Gasteiger charge is -2.30. The lowest BCUT2D eigenvalue weighted by atomic mass is 9.90. The van der Waals surface area contributed by atoms with Crippen molar-refractivity contribution in [3.05, 3.63) is 29.8 Å². The van der Waals surface area contributed by atoms with Crippen LogP contribution in [-0.4, -0.2) is 48.0 Å². The Balaban J connectivity index is 1.57. The summed E-state index contributed by atoms with van der Waals surface area (Å²) in [5.41, 5.74) is 0.972. The Bertz CT molecular complexity index is 681. The van der Waals surface area contributed by atoms with E-state index in [4.69, 9.17) is 4.74 Å². The fourth-order valence-electron chi connectivity index (χ4n) is 3.36. The Morgan fingerprint density at radius 2 is 1.92 bits per heavy atom. The van der Waals surface area contributed by atoms with E-state index >= 15 is 0 Å². The molecule has 4 amide bonds. The van der Waals surface area contributed by atoms with Gasteiger partial charge in [-0.3, -0.25) is 14.5 Å². The lowest BCUT2D eigenvalue weighted by Crippen LogP contribution is -2.51. The van der Waals surface area contributed by atoms with Crippen LogP contribution >= 0.6 is 0 Å². The van der Waals surface area contributed by atoms with Crippen molar-refractivity contribution >= 4 is 23.5 Å². The highest BCUT2D eigenvalue weighted by Gasteiger charge is 2.52. The number of nitrogens with zero attached hydrogens (tertiary/aromatic N) is 1. The molecule has 7 nitrogen and oxygen atoms in total. The monoisotopic (exact) mass is 359 g/mol. The van der Waals surface area contributed by atoms with E-state index < -0.39 is 11.6 Å². The van der Waals surface area contributed by atoms with Gasteiger partial charge in [-0.25, -0.2) is 4.79 Å². The summed E-state index contributed by atoms with van der Waals surface area (Å²) in [4.78, 5) is 38.1. The summed E-state index contributed by atoms with van der Waals surface area (Å²) in [6.45, 7) is 2.71. The lowest BCUT2D eigenvalue weighted by molar-refractivity contribution is -0.136. The average molecular weight is 359 g/mol. The summed E-state index contributed by atoms with van der Waals surface area (Å²) in [5, 5.41) is 5.49. The van der Waals surface area contributed by atoms with Crippen molar-refractivity contribution in [3.63, 3.8) is 0 Å². The van der Waals surface area contributed by atoms with Crippen LogP contribution in [-0.2, 0) is 20.7 Å². The van der Waals surface area contributed by atoms with Gasteiger partial charge in [-0.2, -0.15) is 0 Å². The largest absolute Gasteiger partial charge is 0.381 e. The Kier molecular flexibility index (Phi) is 5.56. The molecule has 26 heavy (non-hydrogen) atoms. The summed E-state index contributed by atoms with van der Waals surface area (Å²) in [7, 11) is 0. The number of imide groups is 1. The Morgan fingerprint density at radius 1 is 1.23 bits per heavy atom. The zero-order valence-electron chi connectivity index (χ0n) is 15.0.